The van der Waals surface area contributed by atoms with E-state index in [0.717, 1.165) is 19.0 Å². The standard InChI is InChI=1S/C15H19N/c1-3-11-16(13(2)15-9-10-15)12-14-7-5-4-6-8-14/h1,4-8,13,15H,9-12H2,2H3. The molecule has 0 amide bonds. The lowest BCUT2D eigenvalue weighted by molar-refractivity contribution is 0.205. The first kappa shape index (κ1) is 11.2. The SMILES string of the molecule is C#CCN(Cc1ccccc1)C(C)C1CC1. The summed E-state index contributed by atoms with van der Waals surface area (Å²) < 4.78 is 0. The molecule has 0 heterocycles. The summed E-state index contributed by atoms with van der Waals surface area (Å²) in [5.74, 6) is 3.65. The van der Waals surface area contributed by atoms with Crippen molar-refractivity contribution in [2.45, 2.75) is 32.4 Å². The van der Waals surface area contributed by atoms with Gasteiger partial charge in [0.2, 0.25) is 0 Å². The van der Waals surface area contributed by atoms with Crippen LogP contribution in [-0.2, 0) is 6.54 Å². The van der Waals surface area contributed by atoms with Crippen LogP contribution in [0.15, 0.2) is 30.3 Å². The highest BCUT2D eigenvalue weighted by atomic mass is 15.2. The van der Waals surface area contributed by atoms with Crippen LogP contribution >= 0.6 is 0 Å². The zero-order valence-corrected chi connectivity index (χ0v) is 9.89. The molecule has 1 unspecified atom stereocenters. The fourth-order valence-corrected chi connectivity index (χ4v) is 2.16. The van der Waals surface area contributed by atoms with E-state index in [2.05, 4.69) is 48.1 Å². The van der Waals surface area contributed by atoms with Gasteiger partial charge in [0.15, 0.2) is 0 Å². The summed E-state index contributed by atoms with van der Waals surface area (Å²) in [5, 5.41) is 0. The van der Waals surface area contributed by atoms with Crippen LogP contribution in [0.5, 0.6) is 0 Å². The van der Waals surface area contributed by atoms with Crippen molar-refractivity contribution in [3.63, 3.8) is 0 Å². The Morgan fingerprint density at radius 3 is 2.62 bits per heavy atom. The molecule has 1 aromatic rings. The molecule has 1 aliphatic carbocycles. The van der Waals surface area contributed by atoms with E-state index in [9.17, 15) is 0 Å². The quantitative estimate of drug-likeness (QED) is 0.680. The summed E-state index contributed by atoms with van der Waals surface area (Å²) in [6, 6.07) is 11.2. The molecule has 0 aliphatic heterocycles. The molecule has 2 rings (SSSR count). The monoisotopic (exact) mass is 213 g/mol. The third kappa shape index (κ3) is 2.87. The van der Waals surface area contributed by atoms with E-state index in [1.54, 1.807) is 0 Å². The Labute approximate surface area is 98.5 Å². The summed E-state index contributed by atoms with van der Waals surface area (Å²) in [7, 11) is 0. The number of nitrogens with zero attached hydrogens (tertiary/aromatic N) is 1. The molecule has 0 aromatic heterocycles. The molecule has 16 heavy (non-hydrogen) atoms. The van der Waals surface area contributed by atoms with Gasteiger partial charge in [-0.3, -0.25) is 4.90 Å². The molecule has 1 fully saturated rings. The average molecular weight is 213 g/mol. The predicted octanol–water partition coefficient (Wildman–Crippen LogP) is 2.92. The van der Waals surface area contributed by atoms with Crippen LogP contribution in [0.3, 0.4) is 0 Å². The van der Waals surface area contributed by atoms with Crippen molar-refractivity contribution >= 4 is 0 Å². The van der Waals surface area contributed by atoms with Crippen LogP contribution < -0.4 is 0 Å². The zero-order valence-electron chi connectivity index (χ0n) is 9.89. The van der Waals surface area contributed by atoms with Crippen molar-refractivity contribution in [1.29, 1.82) is 0 Å². The normalized spacial score (nSPS) is 17.1. The number of rotatable bonds is 5. The Hall–Kier alpha value is -1.26. The van der Waals surface area contributed by atoms with E-state index in [-0.39, 0.29) is 0 Å². The molecule has 0 spiro atoms. The molecule has 1 nitrogen and oxygen atoms in total. The molecule has 1 aromatic carbocycles. The van der Waals surface area contributed by atoms with Gasteiger partial charge in [-0.25, -0.2) is 0 Å². The lowest BCUT2D eigenvalue weighted by atomic mass is 10.1. The highest BCUT2D eigenvalue weighted by Gasteiger charge is 2.31. The Balaban J connectivity index is 1.99. The predicted molar refractivity (Wildman–Crippen MR) is 67.9 cm³/mol. The van der Waals surface area contributed by atoms with Crippen molar-refractivity contribution in [2.75, 3.05) is 6.54 Å². The van der Waals surface area contributed by atoms with Crippen LogP contribution in [0.25, 0.3) is 0 Å². The van der Waals surface area contributed by atoms with Gasteiger partial charge >= 0.3 is 0 Å². The van der Waals surface area contributed by atoms with Crippen LogP contribution in [0.4, 0.5) is 0 Å². The van der Waals surface area contributed by atoms with Crippen LogP contribution in [0.1, 0.15) is 25.3 Å². The maximum absolute atomic E-state index is 5.45. The minimum absolute atomic E-state index is 0.622. The molecule has 1 saturated carbocycles. The number of hydrogen-bond acceptors (Lipinski definition) is 1. The average Bonchev–Trinajstić information content (AvgIpc) is 3.13. The van der Waals surface area contributed by atoms with Gasteiger partial charge in [0.05, 0.1) is 6.54 Å². The topological polar surface area (TPSA) is 3.24 Å². The first-order valence-corrected chi connectivity index (χ1v) is 6.02. The Bertz CT molecular complexity index is 359. The van der Waals surface area contributed by atoms with Gasteiger partial charge in [-0.1, -0.05) is 36.3 Å². The first-order chi connectivity index (χ1) is 7.81. The van der Waals surface area contributed by atoms with E-state index < -0.39 is 0 Å². The van der Waals surface area contributed by atoms with Gasteiger partial charge in [-0.15, -0.1) is 6.42 Å². The number of terminal acetylenes is 1. The van der Waals surface area contributed by atoms with Crippen molar-refractivity contribution in [3.8, 4) is 12.3 Å². The maximum Gasteiger partial charge on any atom is 0.0604 e. The van der Waals surface area contributed by atoms with Gasteiger partial charge < -0.3 is 0 Å². The second kappa shape index (κ2) is 5.18. The molecule has 1 aliphatic rings. The minimum atomic E-state index is 0.622. The maximum atomic E-state index is 5.45. The van der Waals surface area contributed by atoms with Crippen LogP contribution in [-0.4, -0.2) is 17.5 Å². The van der Waals surface area contributed by atoms with Crippen molar-refractivity contribution in [1.82, 2.24) is 4.90 Å². The summed E-state index contributed by atoms with van der Waals surface area (Å²) in [5.41, 5.74) is 1.35. The van der Waals surface area contributed by atoms with Crippen LogP contribution in [0, 0.1) is 18.3 Å². The third-order valence-corrected chi connectivity index (χ3v) is 3.40. The van der Waals surface area contributed by atoms with Gasteiger partial charge in [0, 0.05) is 12.6 Å². The Kier molecular flexibility index (Phi) is 3.64. The Morgan fingerprint density at radius 1 is 1.38 bits per heavy atom. The lowest BCUT2D eigenvalue weighted by Crippen LogP contribution is -2.34. The fraction of sp³-hybridized carbons (Fsp3) is 0.467. The van der Waals surface area contributed by atoms with E-state index >= 15 is 0 Å². The molecule has 0 N–H and O–H groups in total. The summed E-state index contributed by atoms with van der Waals surface area (Å²) in [6.07, 6.45) is 8.19. The zero-order chi connectivity index (χ0) is 11.4. The van der Waals surface area contributed by atoms with Gasteiger partial charge in [-0.2, -0.15) is 0 Å². The molecular formula is C15H19N. The Morgan fingerprint density at radius 2 is 2.06 bits per heavy atom. The van der Waals surface area contributed by atoms with E-state index in [1.807, 2.05) is 0 Å². The van der Waals surface area contributed by atoms with E-state index in [1.165, 1.54) is 18.4 Å². The molecule has 1 heteroatoms. The van der Waals surface area contributed by atoms with Gasteiger partial charge in [0.25, 0.3) is 0 Å². The van der Waals surface area contributed by atoms with E-state index in [4.69, 9.17) is 6.42 Å². The molecule has 84 valence electrons. The minimum Gasteiger partial charge on any atom is -0.285 e. The smallest absolute Gasteiger partial charge is 0.0604 e. The first-order valence-electron chi connectivity index (χ1n) is 6.02. The summed E-state index contributed by atoms with van der Waals surface area (Å²) in [4.78, 5) is 2.41. The van der Waals surface area contributed by atoms with Gasteiger partial charge in [0.1, 0.15) is 0 Å². The highest BCUT2D eigenvalue weighted by Crippen LogP contribution is 2.35. The molecule has 0 saturated heterocycles. The number of benzene rings is 1. The highest BCUT2D eigenvalue weighted by molar-refractivity contribution is 5.15. The van der Waals surface area contributed by atoms with Crippen molar-refractivity contribution < 1.29 is 0 Å². The summed E-state index contributed by atoms with van der Waals surface area (Å²) >= 11 is 0. The number of hydrogen-bond donors (Lipinski definition) is 0. The van der Waals surface area contributed by atoms with Crippen LogP contribution in [0.2, 0.25) is 0 Å². The fourth-order valence-electron chi connectivity index (χ4n) is 2.16. The van der Waals surface area contributed by atoms with Gasteiger partial charge in [-0.05, 0) is 31.2 Å². The molecular weight excluding hydrogens is 194 g/mol. The van der Waals surface area contributed by atoms with Crippen molar-refractivity contribution in [2.24, 2.45) is 5.92 Å². The van der Waals surface area contributed by atoms with Crippen molar-refractivity contribution in [3.05, 3.63) is 35.9 Å². The third-order valence-electron chi connectivity index (χ3n) is 3.40. The molecule has 0 bridgehead atoms. The molecule has 1 atom stereocenters. The second-order valence-corrected chi connectivity index (χ2v) is 4.67. The lowest BCUT2D eigenvalue weighted by Gasteiger charge is -2.27. The van der Waals surface area contributed by atoms with E-state index in [0.29, 0.717) is 6.04 Å². The largest absolute Gasteiger partial charge is 0.285 e. The summed E-state index contributed by atoms with van der Waals surface area (Å²) in [6.45, 7) is 4.03. The second-order valence-electron chi connectivity index (χ2n) is 4.67. The molecule has 0 radical (unpaired) electrons.